The van der Waals surface area contributed by atoms with Crippen LogP contribution in [0.15, 0.2) is 61.2 Å². The maximum Gasteiger partial charge on any atom is 0.407 e. The molecular formula is C24H26N2O5. The van der Waals surface area contributed by atoms with Gasteiger partial charge in [0, 0.05) is 18.9 Å². The number of aliphatic carboxylic acids is 1. The molecule has 2 aromatic carbocycles. The average molecular weight is 422 g/mol. The third-order valence-corrected chi connectivity index (χ3v) is 5.23. The Bertz CT molecular complexity index is 926. The van der Waals surface area contributed by atoms with Crippen LogP contribution in [0, 0.1) is 0 Å². The number of alkyl carbamates (subject to hydrolysis) is 1. The first-order valence-corrected chi connectivity index (χ1v) is 10.2. The zero-order chi connectivity index (χ0) is 22.2. The molecule has 2 amide bonds. The van der Waals surface area contributed by atoms with Crippen LogP contribution in [-0.2, 0) is 14.3 Å². The second-order valence-corrected chi connectivity index (χ2v) is 7.34. The summed E-state index contributed by atoms with van der Waals surface area (Å²) in [6.07, 6.45) is 1.52. The van der Waals surface area contributed by atoms with E-state index in [9.17, 15) is 14.4 Å². The van der Waals surface area contributed by atoms with Gasteiger partial charge in [0.2, 0.25) is 5.91 Å². The molecule has 0 fully saturated rings. The molecule has 0 aliphatic heterocycles. The summed E-state index contributed by atoms with van der Waals surface area (Å²) in [5.74, 6) is -1.50. The summed E-state index contributed by atoms with van der Waals surface area (Å²) < 4.78 is 5.44. The number of amides is 2. The van der Waals surface area contributed by atoms with Gasteiger partial charge >= 0.3 is 12.1 Å². The van der Waals surface area contributed by atoms with E-state index in [1.54, 1.807) is 0 Å². The van der Waals surface area contributed by atoms with Gasteiger partial charge in [-0.3, -0.25) is 4.79 Å². The number of carboxylic acid groups (broad SMARTS) is 1. The number of hydrogen-bond donors (Lipinski definition) is 3. The molecule has 7 nitrogen and oxygen atoms in total. The predicted molar refractivity (Wildman–Crippen MR) is 117 cm³/mol. The Morgan fingerprint density at radius 1 is 1.06 bits per heavy atom. The molecule has 3 N–H and O–H groups in total. The molecule has 1 unspecified atom stereocenters. The molecule has 7 heteroatoms. The molecule has 0 radical (unpaired) electrons. The van der Waals surface area contributed by atoms with E-state index in [4.69, 9.17) is 9.84 Å². The molecule has 162 valence electrons. The summed E-state index contributed by atoms with van der Waals surface area (Å²) in [4.78, 5) is 35.0. The Balaban J connectivity index is 1.43. The van der Waals surface area contributed by atoms with Crippen molar-refractivity contribution in [3.63, 3.8) is 0 Å². The second-order valence-electron chi connectivity index (χ2n) is 7.34. The molecule has 0 saturated heterocycles. The van der Waals surface area contributed by atoms with Crippen molar-refractivity contribution in [2.45, 2.75) is 31.2 Å². The molecule has 0 aromatic heterocycles. The summed E-state index contributed by atoms with van der Waals surface area (Å²) in [6, 6.07) is 15.2. The topological polar surface area (TPSA) is 105 Å². The van der Waals surface area contributed by atoms with Crippen molar-refractivity contribution in [1.82, 2.24) is 10.6 Å². The van der Waals surface area contributed by atoms with Crippen LogP contribution in [0.2, 0.25) is 0 Å². The highest BCUT2D eigenvalue weighted by Gasteiger charge is 2.28. The Morgan fingerprint density at radius 3 is 2.26 bits per heavy atom. The average Bonchev–Trinajstić information content (AvgIpc) is 3.09. The number of carbonyl (C=O) groups is 3. The number of carbonyl (C=O) groups excluding carboxylic acids is 2. The fourth-order valence-corrected chi connectivity index (χ4v) is 3.74. The number of nitrogens with one attached hydrogen (secondary N) is 2. The van der Waals surface area contributed by atoms with Crippen LogP contribution in [0.25, 0.3) is 11.1 Å². The van der Waals surface area contributed by atoms with Gasteiger partial charge in [-0.1, -0.05) is 54.6 Å². The van der Waals surface area contributed by atoms with Crippen molar-refractivity contribution in [3.05, 3.63) is 72.3 Å². The molecule has 3 rings (SSSR count). The molecule has 0 spiro atoms. The fraction of sp³-hybridized carbons (Fsp3) is 0.292. The molecule has 0 bridgehead atoms. The van der Waals surface area contributed by atoms with Crippen molar-refractivity contribution in [2.75, 3.05) is 13.2 Å². The van der Waals surface area contributed by atoms with Crippen molar-refractivity contribution in [2.24, 2.45) is 0 Å². The van der Waals surface area contributed by atoms with E-state index in [2.05, 4.69) is 41.5 Å². The summed E-state index contributed by atoms with van der Waals surface area (Å²) >= 11 is 0. The van der Waals surface area contributed by atoms with E-state index < -0.39 is 18.1 Å². The molecule has 2 aromatic rings. The highest BCUT2D eigenvalue weighted by Crippen LogP contribution is 2.44. The summed E-state index contributed by atoms with van der Waals surface area (Å²) in [7, 11) is 0. The predicted octanol–water partition coefficient (Wildman–Crippen LogP) is 3.45. The first-order chi connectivity index (χ1) is 15.0. The van der Waals surface area contributed by atoms with Crippen LogP contribution in [0.3, 0.4) is 0 Å². The number of hydrogen-bond acceptors (Lipinski definition) is 4. The van der Waals surface area contributed by atoms with E-state index in [0.717, 1.165) is 22.3 Å². The molecule has 1 atom stereocenters. The highest BCUT2D eigenvalue weighted by atomic mass is 16.5. The first kappa shape index (κ1) is 22.1. The maximum atomic E-state index is 12.1. The number of carboxylic acids is 1. The minimum Gasteiger partial charge on any atom is -0.480 e. The SMILES string of the molecule is C=CCC(NC(=O)CCCNC(=O)OCC1c2ccccc2-c2ccccc21)C(=O)O. The summed E-state index contributed by atoms with van der Waals surface area (Å²) in [5, 5.41) is 14.1. The van der Waals surface area contributed by atoms with Crippen LogP contribution in [-0.4, -0.2) is 42.3 Å². The number of benzene rings is 2. The van der Waals surface area contributed by atoms with E-state index in [1.165, 1.54) is 6.08 Å². The van der Waals surface area contributed by atoms with Gasteiger partial charge in [-0.15, -0.1) is 6.58 Å². The normalized spacial score (nSPS) is 12.9. The third kappa shape index (κ3) is 5.51. The third-order valence-electron chi connectivity index (χ3n) is 5.23. The highest BCUT2D eigenvalue weighted by molar-refractivity contribution is 5.83. The van der Waals surface area contributed by atoms with Crippen LogP contribution in [0.5, 0.6) is 0 Å². The monoisotopic (exact) mass is 422 g/mol. The van der Waals surface area contributed by atoms with Crippen LogP contribution < -0.4 is 10.6 Å². The number of ether oxygens (including phenoxy) is 1. The standard InChI is InChI=1S/C24H26N2O5/c1-2-8-21(23(28)29)26-22(27)13-7-14-25-24(30)31-15-20-18-11-5-3-9-16(18)17-10-4-6-12-19(17)20/h2-6,9-12,20-21H,1,7-8,13-15H2,(H,25,30)(H,26,27)(H,28,29). The Kier molecular flexibility index (Phi) is 7.43. The van der Waals surface area contributed by atoms with Crippen LogP contribution >= 0.6 is 0 Å². The minimum absolute atomic E-state index is 0.0123. The van der Waals surface area contributed by atoms with E-state index >= 15 is 0 Å². The van der Waals surface area contributed by atoms with Gasteiger partial charge in [-0.25, -0.2) is 9.59 Å². The van der Waals surface area contributed by atoms with Crippen LogP contribution in [0.1, 0.15) is 36.3 Å². The molecule has 1 aliphatic carbocycles. The van der Waals surface area contributed by atoms with Gasteiger partial charge in [0.05, 0.1) is 0 Å². The second kappa shape index (κ2) is 10.4. The van der Waals surface area contributed by atoms with Gasteiger partial charge in [0.25, 0.3) is 0 Å². The Morgan fingerprint density at radius 2 is 1.68 bits per heavy atom. The van der Waals surface area contributed by atoms with Gasteiger partial charge in [0.1, 0.15) is 12.6 Å². The lowest BCUT2D eigenvalue weighted by Crippen LogP contribution is -2.40. The lowest BCUT2D eigenvalue weighted by molar-refractivity contribution is -0.141. The fourth-order valence-electron chi connectivity index (χ4n) is 3.74. The Labute approximate surface area is 181 Å². The van der Waals surface area contributed by atoms with Gasteiger partial charge in [-0.05, 0) is 35.1 Å². The number of rotatable bonds is 10. The molecule has 1 aliphatic rings. The lowest BCUT2D eigenvalue weighted by atomic mass is 9.98. The zero-order valence-electron chi connectivity index (χ0n) is 17.2. The molecule has 0 heterocycles. The van der Waals surface area contributed by atoms with Crippen molar-refractivity contribution in [3.8, 4) is 11.1 Å². The maximum absolute atomic E-state index is 12.1. The quantitative estimate of drug-likeness (QED) is 0.402. The summed E-state index contributed by atoms with van der Waals surface area (Å²) in [6.45, 7) is 3.96. The zero-order valence-corrected chi connectivity index (χ0v) is 17.2. The molecule has 0 saturated carbocycles. The molecule has 31 heavy (non-hydrogen) atoms. The van der Waals surface area contributed by atoms with E-state index in [1.807, 2.05) is 24.3 Å². The van der Waals surface area contributed by atoms with E-state index in [-0.39, 0.29) is 37.8 Å². The Hall–Kier alpha value is -3.61. The van der Waals surface area contributed by atoms with Crippen molar-refractivity contribution >= 4 is 18.0 Å². The van der Waals surface area contributed by atoms with Crippen molar-refractivity contribution < 1.29 is 24.2 Å². The lowest BCUT2D eigenvalue weighted by Gasteiger charge is -2.15. The summed E-state index contributed by atoms with van der Waals surface area (Å²) in [5.41, 5.74) is 4.60. The van der Waals surface area contributed by atoms with Crippen LogP contribution in [0.4, 0.5) is 4.79 Å². The largest absolute Gasteiger partial charge is 0.480 e. The smallest absolute Gasteiger partial charge is 0.407 e. The minimum atomic E-state index is -1.11. The van der Waals surface area contributed by atoms with Gasteiger partial charge in [0.15, 0.2) is 0 Å². The number of fused-ring (bicyclic) bond motifs is 3. The van der Waals surface area contributed by atoms with Gasteiger partial charge in [-0.2, -0.15) is 0 Å². The molecular weight excluding hydrogens is 396 g/mol. The van der Waals surface area contributed by atoms with Gasteiger partial charge < -0.3 is 20.5 Å². The van der Waals surface area contributed by atoms with E-state index in [0.29, 0.717) is 6.42 Å². The van der Waals surface area contributed by atoms with Crippen molar-refractivity contribution in [1.29, 1.82) is 0 Å². The first-order valence-electron chi connectivity index (χ1n) is 10.2.